The quantitative estimate of drug-likeness (QED) is 0.345. The largest absolute Gasteiger partial charge is 0.480 e. The number of carbonyl (C=O) groups is 3. The van der Waals surface area contributed by atoms with Crippen molar-refractivity contribution in [3.8, 4) is 11.1 Å². The van der Waals surface area contributed by atoms with Gasteiger partial charge < -0.3 is 25.6 Å². The summed E-state index contributed by atoms with van der Waals surface area (Å²) in [5.74, 6) is -1.46. The smallest absolute Gasteiger partial charge is 0.407 e. The van der Waals surface area contributed by atoms with E-state index in [-0.39, 0.29) is 24.9 Å². The monoisotopic (exact) mass is 482 g/mol. The van der Waals surface area contributed by atoms with Crippen LogP contribution in [0.15, 0.2) is 48.5 Å². The van der Waals surface area contributed by atoms with E-state index in [1.807, 2.05) is 24.3 Å². The average Bonchev–Trinajstić information content (AvgIpc) is 3.18. The van der Waals surface area contributed by atoms with Crippen LogP contribution < -0.4 is 10.6 Å². The van der Waals surface area contributed by atoms with Crippen molar-refractivity contribution >= 4 is 18.0 Å². The Bertz CT molecular complexity index is 979. The molecule has 188 valence electrons. The average molecular weight is 483 g/mol. The molecule has 4 N–H and O–H groups in total. The van der Waals surface area contributed by atoms with Crippen LogP contribution in [0.2, 0.25) is 0 Å². The lowest BCUT2D eigenvalue weighted by Crippen LogP contribution is -2.43. The molecule has 3 rings (SSSR count). The highest BCUT2D eigenvalue weighted by Crippen LogP contribution is 2.44. The minimum Gasteiger partial charge on any atom is -0.480 e. The minimum absolute atomic E-state index is 0.00745. The van der Waals surface area contributed by atoms with Gasteiger partial charge in [-0.3, -0.25) is 4.79 Å². The van der Waals surface area contributed by atoms with E-state index in [9.17, 15) is 14.4 Å². The van der Waals surface area contributed by atoms with Crippen LogP contribution in [0.3, 0.4) is 0 Å². The first-order valence-corrected chi connectivity index (χ1v) is 12.2. The molecule has 2 atom stereocenters. The van der Waals surface area contributed by atoms with Gasteiger partial charge in [0.05, 0.1) is 6.61 Å². The van der Waals surface area contributed by atoms with E-state index < -0.39 is 30.6 Å². The molecule has 8 nitrogen and oxygen atoms in total. The van der Waals surface area contributed by atoms with Gasteiger partial charge in [0.1, 0.15) is 12.6 Å². The van der Waals surface area contributed by atoms with Gasteiger partial charge in [0.25, 0.3) is 0 Å². The highest BCUT2D eigenvalue weighted by atomic mass is 16.5. The molecule has 0 bridgehead atoms. The highest BCUT2D eigenvalue weighted by molar-refractivity contribution is 5.83. The molecule has 2 aromatic rings. The number of nitrogens with one attached hydrogen (secondary N) is 2. The molecule has 0 spiro atoms. The zero-order valence-corrected chi connectivity index (χ0v) is 20.0. The number of aliphatic hydroxyl groups is 1. The molecule has 0 saturated carbocycles. The molecule has 35 heavy (non-hydrogen) atoms. The van der Waals surface area contributed by atoms with Crippen LogP contribution in [-0.4, -0.2) is 54.0 Å². The number of carboxylic acids is 1. The third kappa shape index (κ3) is 7.05. The molecular formula is C27H34N2O6. The SMILES string of the molecule is CCCC(CCNC(=O)OCC1c2ccccc2-c2ccccc21)CCC(=O)NC(CO)C(=O)O. The molecular weight excluding hydrogens is 448 g/mol. The van der Waals surface area contributed by atoms with Crippen LogP contribution in [0.1, 0.15) is 56.1 Å². The molecule has 0 saturated heterocycles. The lowest BCUT2D eigenvalue weighted by Gasteiger charge is -2.18. The van der Waals surface area contributed by atoms with Crippen LogP contribution in [0.4, 0.5) is 4.79 Å². The molecule has 0 radical (unpaired) electrons. The lowest BCUT2D eigenvalue weighted by atomic mass is 9.94. The van der Waals surface area contributed by atoms with Crippen molar-refractivity contribution < 1.29 is 29.3 Å². The predicted molar refractivity (Wildman–Crippen MR) is 132 cm³/mol. The number of aliphatic hydroxyl groups excluding tert-OH is 1. The second-order valence-corrected chi connectivity index (χ2v) is 8.88. The third-order valence-electron chi connectivity index (χ3n) is 6.46. The Balaban J connectivity index is 1.43. The van der Waals surface area contributed by atoms with Crippen molar-refractivity contribution in [1.29, 1.82) is 0 Å². The predicted octanol–water partition coefficient (Wildman–Crippen LogP) is 3.67. The fourth-order valence-electron chi connectivity index (χ4n) is 4.66. The number of aliphatic carboxylic acids is 1. The maximum absolute atomic E-state index is 12.4. The fourth-order valence-corrected chi connectivity index (χ4v) is 4.66. The summed E-state index contributed by atoms with van der Waals surface area (Å²) >= 11 is 0. The summed E-state index contributed by atoms with van der Waals surface area (Å²) in [5, 5.41) is 23.1. The summed E-state index contributed by atoms with van der Waals surface area (Å²) in [6, 6.07) is 15.1. The van der Waals surface area contributed by atoms with Gasteiger partial charge in [-0.15, -0.1) is 0 Å². The van der Waals surface area contributed by atoms with Gasteiger partial charge in [-0.1, -0.05) is 68.3 Å². The van der Waals surface area contributed by atoms with Gasteiger partial charge in [-0.25, -0.2) is 9.59 Å². The van der Waals surface area contributed by atoms with Crippen LogP contribution >= 0.6 is 0 Å². The summed E-state index contributed by atoms with van der Waals surface area (Å²) in [7, 11) is 0. The maximum Gasteiger partial charge on any atom is 0.407 e. The Morgan fingerprint density at radius 3 is 2.17 bits per heavy atom. The number of ether oxygens (including phenoxy) is 1. The minimum atomic E-state index is -1.29. The number of benzene rings is 2. The number of hydrogen-bond donors (Lipinski definition) is 4. The zero-order valence-electron chi connectivity index (χ0n) is 20.0. The normalized spacial score (nSPS) is 13.9. The zero-order chi connectivity index (χ0) is 25.2. The van der Waals surface area contributed by atoms with E-state index >= 15 is 0 Å². The van der Waals surface area contributed by atoms with Crippen molar-refractivity contribution in [2.75, 3.05) is 19.8 Å². The van der Waals surface area contributed by atoms with Gasteiger partial charge in [-0.2, -0.15) is 0 Å². The summed E-state index contributed by atoms with van der Waals surface area (Å²) in [5.41, 5.74) is 4.68. The number of fused-ring (bicyclic) bond motifs is 3. The number of amides is 2. The summed E-state index contributed by atoms with van der Waals surface area (Å²) in [6.07, 6.45) is 2.79. The second kappa shape index (κ2) is 12.9. The van der Waals surface area contributed by atoms with Gasteiger partial charge >= 0.3 is 12.1 Å². The van der Waals surface area contributed by atoms with Crippen molar-refractivity contribution in [3.63, 3.8) is 0 Å². The van der Waals surface area contributed by atoms with Crippen molar-refractivity contribution in [1.82, 2.24) is 10.6 Å². The van der Waals surface area contributed by atoms with E-state index in [1.165, 1.54) is 11.1 Å². The Labute approximate surface area is 205 Å². The number of rotatable bonds is 13. The topological polar surface area (TPSA) is 125 Å². The van der Waals surface area contributed by atoms with E-state index in [1.54, 1.807) is 0 Å². The Hall–Kier alpha value is -3.39. The molecule has 2 unspecified atom stereocenters. The fraction of sp³-hybridized carbons (Fsp3) is 0.444. The Morgan fingerprint density at radius 2 is 1.60 bits per heavy atom. The van der Waals surface area contributed by atoms with Crippen LogP contribution in [0, 0.1) is 5.92 Å². The summed E-state index contributed by atoms with van der Waals surface area (Å²) in [4.78, 5) is 35.3. The Morgan fingerprint density at radius 1 is 0.971 bits per heavy atom. The Kier molecular flexibility index (Phi) is 9.66. The lowest BCUT2D eigenvalue weighted by molar-refractivity contribution is -0.143. The standard InChI is InChI=1S/C27H34N2O6/c1-2-7-18(12-13-25(31)29-24(16-30)26(32)33)14-15-28-27(34)35-17-23-21-10-5-3-8-19(21)20-9-4-6-11-22(20)23/h3-6,8-11,18,23-24,30H,2,7,12-17H2,1H3,(H,28,34)(H,29,31)(H,32,33). The van der Waals surface area contributed by atoms with E-state index in [0.717, 1.165) is 24.0 Å². The van der Waals surface area contributed by atoms with Gasteiger partial charge in [-0.05, 0) is 41.0 Å². The van der Waals surface area contributed by atoms with Gasteiger partial charge in [0.2, 0.25) is 5.91 Å². The molecule has 2 aromatic carbocycles. The van der Waals surface area contributed by atoms with Crippen LogP contribution in [0.5, 0.6) is 0 Å². The maximum atomic E-state index is 12.4. The van der Waals surface area contributed by atoms with E-state index in [2.05, 4.69) is 41.8 Å². The summed E-state index contributed by atoms with van der Waals surface area (Å²) in [6.45, 7) is 2.09. The highest BCUT2D eigenvalue weighted by Gasteiger charge is 2.29. The van der Waals surface area contributed by atoms with Crippen molar-refractivity contribution in [2.24, 2.45) is 5.92 Å². The third-order valence-corrected chi connectivity index (χ3v) is 6.46. The molecule has 1 aliphatic carbocycles. The van der Waals surface area contributed by atoms with E-state index in [4.69, 9.17) is 14.9 Å². The van der Waals surface area contributed by atoms with E-state index in [0.29, 0.717) is 19.4 Å². The molecule has 0 heterocycles. The van der Waals surface area contributed by atoms with Crippen molar-refractivity contribution in [2.45, 2.75) is 51.0 Å². The second-order valence-electron chi connectivity index (χ2n) is 8.88. The number of hydrogen-bond acceptors (Lipinski definition) is 5. The first-order valence-electron chi connectivity index (χ1n) is 12.2. The molecule has 8 heteroatoms. The summed E-state index contributed by atoms with van der Waals surface area (Å²) < 4.78 is 5.56. The number of carbonyl (C=O) groups excluding carboxylic acids is 2. The van der Waals surface area contributed by atoms with Gasteiger partial charge in [0, 0.05) is 18.9 Å². The molecule has 2 amide bonds. The molecule has 0 aromatic heterocycles. The number of alkyl carbamates (subject to hydrolysis) is 1. The molecule has 0 fully saturated rings. The number of carboxylic acid groups (broad SMARTS) is 1. The van der Waals surface area contributed by atoms with Crippen LogP contribution in [0.25, 0.3) is 11.1 Å². The first-order chi connectivity index (χ1) is 16.9. The molecule has 1 aliphatic rings. The molecule has 0 aliphatic heterocycles. The van der Waals surface area contributed by atoms with Crippen molar-refractivity contribution in [3.05, 3.63) is 59.7 Å². The first kappa shape index (κ1) is 26.2. The van der Waals surface area contributed by atoms with Gasteiger partial charge in [0.15, 0.2) is 0 Å². The van der Waals surface area contributed by atoms with Crippen LogP contribution in [-0.2, 0) is 14.3 Å².